The van der Waals surface area contributed by atoms with Gasteiger partial charge in [-0.25, -0.2) is 0 Å². The molecule has 0 spiro atoms. The lowest BCUT2D eigenvalue weighted by Crippen LogP contribution is -1.98. The van der Waals surface area contributed by atoms with Crippen molar-refractivity contribution in [3.63, 3.8) is 0 Å². The molecule has 2 rings (SSSR count). The highest BCUT2D eigenvalue weighted by atomic mass is 16.5. The minimum Gasteiger partial charge on any atom is -0.462 e. The molecular weight excluding hydrogens is 204 g/mol. The molecule has 4 heteroatoms. The van der Waals surface area contributed by atoms with Crippen molar-refractivity contribution in [3.8, 4) is 0 Å². The zero-order valence-corrected chi connectivity index (χ0v) is 9.14. The van der Waals surface area contributed by atoms with Crippen LogP contribution in [-0.4, -0.2) is 12.1 Å². The summed E-state index contributed by atoms with van der Waals surface area (Å²) in [5.41, 5.74) is 0.979. The smallest absolute Gasteiger partial charge is 0.129 e. The van der Waals surface area contributed by atoms with E-state index in [-0.39, 0.29) is 0 Å². The minimum absolute atomic E-state index is 0.507. The third-order valence-electron chi connectivity index (χ3n) is 2.13. The second kappa shape index (κ2) is 5.32. The summed E-state index contributed by atoms with van der Waals surface area (Å²) < 4.78 is 10.5. The fourth-order valence-corrected chi connectivity index (χ4v) is 1.39. The van der Waals surface area contributed by atoms with Gasteiger partial charge in [-0.2, -0.15) is 0 Å². The van der Waals surface area contributed by atoms with Crippen LogP contribution in [0.2, 0.25) is 0 Å². The van der Waals surface area contributed by atoms with E-state index in [1.165, 1.54) is 0 Å². The van der Waals surface area contributed by atoms with E-state index in [1.807, 2.05) is 24.3 Å². The maximum atomic E-state index is 5.54. The Morgan fingerprint density at radius 2 is 2.19 bits per heavy atom. The summed E-state index contributed by atoms with van der Waals surface area (Å²) in [7, 11) is 1.65. The Labute approximate surface area is 94.3 Å². The molecule has 0 aliphatic heterocycles. The molecular formula is C12H14N2O2. The lowest BCUT2D eigenvalue weighted by Gasteiger charge is -2.02. The second-order valence-corrected chi connectivity index (χ2v) is 3.40. The van der Waals surface area contributed by atoms with Crippen LogP contribution in [0, 0.1) is 0 Å². The van der Waals surface area contributed by atoms with Crippen LogP contribution in [0.1, 0.15) is 11.5 Å². The first kappa shape index (κ1) is 10.7. The van der Waals surface area contributed by atoms with E-state index < -0.39 is 0 Å². The molecule has 0 radical (unpaired) electrons. The van der Waals surface area contributed by atoms with Crippen LogP contribution in [0.25, 0.3) is 0 Å². The fraction of sp³-hybridized carbons (Fsp3) is 0.250. The Morgan fingerprint density at radius 3 is 2.94 bits per heavy atom. The molecule has 0 fully saturated rings. The van der Waals surface area contributed by atoms with Crippen molar-refractivity contribution in [2.24, 2.45) is 0 Å². The van der Waals surface area contributed by atoms with Gasteiger partial charge in [0, 0.05) is 19.5 Å². The maximum absolute atomic E-state index is 5.54. The van der Waals surface area contributed by atoms with Crippen molar-refractivity contribution in [1.29, 1.82) is 0 Å². The molecule has 2 heterocycles. The van der Waals surface area contributed by atoms with Gasteiger partial charge in [-0.15, -0.1) is 0 Å². The molecule has 2 aromatic heterocycles. The summed E-state index contributed by atoms with van der Waals surface area (Å²) in [6.45, 7) is 1.16. The lowest BCUT2D eigenvalue weighted by molar-refractivity contribution is 0.163. The quantitative estimate of drug-likeness (QED) is 0.837. The zero-order valence-electron chi connectivity index (χ0n) is 9.14. The third kappa shape index (κ3) is 2.84. The summed E-state index contributed by atoms with van der Waals surface area (Å²) in [4.78, 5) is 4.02. The van der Waals surface area contributed by atoms with Crippen LogP contribution >= 0.6 is 0 Å². The first-order chi connectivity index (χ1) is 7.88. The van der Waals surface area contributed by atoms with E-state index in [0.717, 1.165) is 17.2 Å². The summed E-state index contributed by atoms with van der Waals surface area (Å²) in [6.07, 6.45) is 3.52. The average Bonchev–Trinajstić information content (AvgIpc) is 2.76. The molecule has 84 valence electrons. The van der Waals surface area contributed by atoms with Gasteiger partial charge in [-0.05, 0) is 24.3 Å². The highest BCUT2D eigenvalue weighted by molar-refractivity contribution is 5.39. The molecule has 0 bridgehead atoms. The monoisotopic (exact) mass is 218 g/mol. The predicted molar refractivity (Wildman–Crippen MR) is 61.0 cm³/mol. The van der Waals surface area contributed by atoms with E-state index in [4.69, 9.17) is 9.15 Å². The number of hydrogen-bond donors (Lipinski definition) is 1. The molecule has 16 heavy (non-hydrogen) atoms. The molecule has 0 unspecified atom stereocenters. The topological polar surface area (TPSA) is 47.3 Å². The summed E-state index contributed by atoms with van der Waals surface area (Å²) >= 11 is 0. The fourth-order valence-electron chi connectivity index (χ4n) is 1.39. The van der Waals surface area contributed by atoms with Gasteiger partial charge in [0.2, 0.25) is 0 Å². The Morgan fingerprint density at radius 1 is 1.31 bits per heavy atom. The number of rotatable bonds is 5. The van der Waals surface area contributed by atoms with Crippen molar-refractivity contribution in [2.45, 2.75) is 13.2 Å². The number of nitrogens with one attached hydrogen (secondary N) is 1. The number of ether oxygens (including phenoxy) is 1. The van der Waals surface area contributed by atoms with Crippen molar-refractivity contribution >= 4 is 5.69 Å². The van der Waals surface area contributed by atoms with Crippen LogP contribution in [0.3, 0.4) is 0 Å². The number of pyridine rings is 1. The number of nitrogens with zero attached hydrogens (tertiary/aromatic N) is 1. The van der Waals surface area contributed by atoms with Crippen LogP contribution in [0.4, 0.5) is 5.69 Å². The van der Waals surface area contributed by atoms with E-state index in [9.17, 15) is 0 Å². The standard InChI is InChI=1S/C12H14N2O2/c1-15-9-12-5-4-11(16-12)8-14-10-3-2-6-13-7-10/h2-7,14H,8-9H2,1H3. The molecule has 2 aromatic rings. The molecule has 0 aliphatic rings. The zero-order chi connectivity index (χ0) is 11.2. The van der Waals surface area contributed by atoms with E-state index in [0.29, 0.717) is 13.2 Å². The number of anilines is 1. The Balaban J connectivity index is 1.89. The van der Waals surface area contributed by atoms with Gasteiger partial charge in [0.1, 0.15) is 18.1 Å². The van der Waals surface area contributed by atoms with Gasteiger partial charge in [0.15, 0.2) is 0 Å². The third-order valence-corrected chi connectivity index (χ3v) is 2.13. The predicted octanol–water partition coefficient (Wildman–Crippen LogP) is 2.43. The molecule has 0 saturated carbocycles. The molecule has 0 amide bonds. The summed E-state index contributed by atoms with van der Waals surface area (Å²) in [5.74, 6) is 1.72. The molecule has 0 saturated heterocycles. The van der Waals surface area contributed by atoms with Gasteiger partial charge < -0.3 is 14.5 Å². The molecule has 0 atom stereocenters. The van der Waals surface area contributed by atoms with Crippen molar-refractivity contribution < 1.29 is 9.15 Å². The number of methoxy groups -OCH3 is 1. The molecule has 0 aromatic carbocycles. The van der Waals surface area contributed by atoms with Crippen molar-refractivity contribution in [1.82, 2.24) is 4.98 Å². The maximum Gasteiger partial charge on any atom is 0.129 e. The first-order valence-electron chi connectivity index (χ1n) is 5.09. The van der Waals surface area contributed by atoms with Crippen molar-refractivity contribution in [2.75, 3.05) is 12.4 Å². The summed E-state index contributed by atoms with van der Waals surface area (Å²) in [5, 5.41) is 3.22. The highest BCUT2D eigenvalue weighted by Gasteiger charge is 2.01. The number of aromatic nitrogens is 1. The van der Waals surface area contributed by atoms with E-state index in [2.05, 4.69) is 10.3 Å². The normalized spacial score (nSPS) is 10.3. The van der Waals surface area contributed by atoms with E-state index in [1.54, 1.807) is 19.5 Å². The Hall–Kier alpha value is -1.81. The highest BCUT2D eigenvalue weighted by Crippen LogP contribution is 2.11. The first-order valence-corrected chi connectivity index (χ1v) is 5.09. The molecule has 0 aliphatic carbocycles. The lowest BCUT2D eigenvalue weighted by atomic mass is 10.4. The van der Waals surface area contributed by atoms with Crippen molar-refractivity contribution in [3.05, 3.63) is 48.2 Å². The van der Waals surface area contributed by atoms with Crippen LogP contribution in [0.5, 0.6) is 0 Å². The minimum atomic E-state index is 0.507. The van der Waals surface area contributed by atoms with Gasteiger partial charge in [0.05, 0.1) is 12.2 Å². The average molecular weight is 218 g/mol. The van der Waals surface area contributed by atoms with E-state index >= 15 is 0 Å². The van der Waals surface area contributed by atoms with Gasteiger partial charge in [-0.1, -0.05) is 0 Å². The Bertz CT molecular complexity index is 426. The largest absolute Gasteiger partial charge is 0.462 e. The van der Waals surface area contributed by atoms with Gasteiger partial charge in [-0.3, -0.25) is 4.98 Å². The second-order valence-electron chi connectivity index (χ2n) is 3.40. The number of furan rings is 1. The van der Waals surface area contributed by atoms with Gasteiger partial charge in [0.25, 0.3) is 0 Å². The number of hydrogen-bond acceptors (Lipinski definition) is 4. The SMILES string of the molecule is COCc1ccc(CNc2cccnc2)o1. The summed E-state index contributed by atoms with van der Waals surface area (Å²) in [6, 6.07) is 7.72. The van der Waals surface area contributed by atoms with Gasteiger partial charge >= 0.3 is 0 Å². The molecule has 1 N–H and O–H groups in total. The van der Waals surface area contributed by atoms with Crippen LogP contribution in [0.15, 0.2) is 41.1 Å². The Kier molecular flexibility index (Phi) is 3.56. The van der Waals surface area contributed by atoms with Crippen LogP contribution < -0.4 is 5.32 Å². The van der Waals surface area contributed by atoms with Crippen LogP contribution in [-0.2, 0) is 17.9 Å². The molecule has 4 nitrogen and oxygen atoms in total.